The van der Waals surface area contributed by atoms with Crippen LogP contribution in [-0.4, -0.2) is 61.5 Å². The molecule has 0 unspecified atom stereocenters. The first-order valence-corrected chi connectivity index (χ1v) is 7.26. The summed E-state index contributed by atoms with van der Waals surface area (Å²) < 4.78 is 10.7. The average Bonchev–Trinajstić information content (AvgIpc) is 3.21. The van der Waals surface area contributed by atoms with E-state index in [9.17, 15) is 9.90 Å². The predicted molar refractivity (Wildman–Crippen MR) is 68.6 cm³/mol. The summed E-state index contributed by atoms with van der Waals surface area (Å²) >= 11 is 0. The van der Waals surface area contributed by atoms with E-state index >= 15 is 0 Å². The van der Waals surface area contributed by atoms with E-state index in [0.29, 0.717) is 32.3 Å². The van der Waals surface area contributed by atoms with Crippen molar-refractivity contribution in [1.82, 2.24) is 4.90 Å². The number of carbonyl (C=O) groups is 1. The van der Waals surface area contributed by atoms with Gasteiger partial charge in [0.2, 0.25) is 5.91 Å². The highest BCUT2D eigenvalue weighted by Crippen LogP contribution is 2.52. The third-order valence-electron chi connectivity index (χ3n) is 5.01. The fourth-order valence-corrected chi connectivity index (χ4v) is 3.57. The van der Waals surface area contributed by atoms with Crippen LogP contribution in [0.15, 0.2) is 0 Å². The second kappa shape index (κ2) is 5.04. The van der Waals surface area contributed by atoms with Gasteiger partial charge in [0.1, 0.15) is 0 Å². The quantitative estimate of drug-likeness (QED) is 0.806. The molecule has 1 N–H and O–H groups in total. The largest absolute Gasteiger partial charge is 0.388 e. The van der Waals surface area contributed by atoms with Gasteiger partial charge in [-0.1, -0.05) is 0 Å². The van der Waals surface area contributed by atoms with Crippen molar-refractivity contribution in [1.29, 1.82) is 0 Å². The Kier molecular flexibility index (Phi) is 3.53. The summed E-state index contributed by atoms with van der Waals surface area (Å²) in [5, 5.41) is 9.90. The predicted octanol–water partition coefficient (Wildman–Crippen LogP) is 0.411. The number of aliphatic hydroxyl groups excluding tert-OH is 1. The van der Waals surface area contributed by atoms with Crippen LogP contribution >= 0.6 is 0 Å². The Morgan fingerprint density at radius 1 is 1.21 bits per heavy atom. The molecule has 1 amide bonds. The molecule has 1 aliphatic carbocycles. The lowest BCUT2D eigenvalue weighted by atomic mass is 9.74. The van der Waals surface area contributed by atoms with Crippen molar-refractivity contribution >= 4 is 5.91 Å². The van der Waals surface area contributed by atoms with Crippen LogP contribution in [0.2, 0.25) is 0 Å². The topological polar surface area (TPSA) is 59.0 Å². The minimum Gasteiger partial charge on any atom is -0.388 e. The first kappa shape index (κ1) is 13.3. The third-order valence-corrected chi connectivity index (χ3v) is 5.01. The number of likely N-dealkylation sites (N-methyl/N-ethyl adjacent to an activating group) is 1. The first-order valence-electron chi connectivity index (χ1n) is 7.26. The Bertz CT molecular complexity index is 349. The monoisotopic (exact) mass is 269 g/mol. The summed E-state index contributed by atoms with van der Waals surface area (Å²) in [5.41, 5.74) is -0.241. The lowest BCUT2D eigenvalue weighted by Crippen LogP contribution is -2.53. The van der Waals surface area contributed by atoms with Gasteiger partial charge in [-0.05, 0) is 31.6 Å². The zero-order chi connectivity index (χ0) is 13.5. The molecule has 19 heavy (non-hydrogen) atoms. The fourth-order valence-electron chi connectivity index (χ4n) is 3.57. The fraction of sp³-hybridized carbons (Fsp3) is 0.929. The van der Waals surface area contributed by atoms with Gasteiger partial charge in [0.25, 0.3) is 0 Å². The highest BCUT2D eigenvalue weighted by molar-refractivity contribution is 5.83. The third kappa shape index (κ3) is 2.28. The Hall–Kier alpha value is -0.650. The molecule has 3 rings (SSSR count). The van der Waals surface area contributed by atoms with Crippen LogP contribution in [0.1, 0.15) is 25.7 Å². The van der Waals surface area contributed by atoms with Crippen molar-refractivity contribution in [2.75, 3.05) is 33.5 Å². The summed E-state index contributed by atoms with van der Waals surface area (Å²) in [6.45, 7) is 2.14. The molecule has 0 bridgehead atoms. The normalized spacial score (nSPS) is 34.2. The maximum atomic E-state index is 12.9. The SMILES string of the molecule is CN(C(=O)C1(C2CC2)CCOCC1)[C@@H]1COC[C@H]1O. The summed E-state index contributed by atoms with van der Waals surface area (Å²) in [6, 6.07) is -0.189. The van der Waals surface area contributed by atoms with Crippen molar-refractivity contribution in [2.24, 2.45) is 11.3 Å². The van der Waals surface area contributed by atoms with Crippen molar-refractivity contribution in [2.45, 2.75) is 37.8 Å². The number of rotatable bonds is 3. The van der Waals surface area contributed by atoms with Gasteiger partial charge < -0.3 is 19.5 Å². The Labute approximate surface area is 113 Å². The first-order chi connectivity index (χ1) is 9.15. The molecule has 0 aromatic heterocycles. The van der Waals surface area contributed by atoms with Gasteiger partial charge in [-0.2, -0.15) is 0 Å². The van der Waals surface area contributed by atoms with Gasteiger partial charge in [-0.15, -0.1) is 0 Å². The Morgan fingerprint density at radius 2 is 1.89 bits per heavy atom. The van der Waals surface area contributed by atoms with E-state index < -0.39 is 6.10 Å². The van der Waals surface area contributed by atoms with Gasteiger partial charge in [0.05, 0.1) is 30.8 Å². The molecule has 5 heteroatoms. The zero-order valence-electron chi connectivity index (χ0n) is 11.5. The number of nitrogens with zero attached hydrogens (tertiary/aromatic N) is 1. The number of ether oxygens (including phenoxy) is 2. The lowest BCUT2D eigenvalue weighted by molar-refractivity contribution is -0.152. The molecule has 3 aliphatic rings. The number of amides is 1. The molecule has 0 spiro atoms. The van der Waals surface area contributed by atoms with Crippen LogP contribution in [0.25, 0.3) is 0 Å². The molecule has 5 nitrogen and oxygen atoms in total. The number of hydrogen-bond donors (Lipinski definition) is 1. The number of carbonyl (C=O) groups excluding carboxylic acids is 1. The van der Waals surface area contributed by atoms with Crippen LogP contribution in [0.4, 0.5) is 0 Å². The van der Waals surface area contributed by atoms with Gasteiger partial charge in [-0.25, -0.2) is 0 Å². The molecule has 0 aromatic rings. The van der Waals surface area contributed by atoms with Crippen LogP contribution in [0, 0.1) is 11.3 Å². The maximum Gasteiger partial charge on any atom is 0.229 e. The van der Waals surface area contributed by atoms with Crippen molar-refractivity contribution in [3.05, 3.63) is 0 Å². The van der Waals surface area contributed by atoms with Gasteiger partial charge >= 0.3 is 0 Å². The second-order valence-electron chi connectivity index (χ2n) is 6.13. The molecule has 108 valence electrons. The van der Waals surface area contributed by atoms with E-state index in [0.717, 1.165) is 25.7 Å². The smallest absolute Gasteiger partial charge is 0.229 e. The highest BCUT2D eigenvalue weighted by Gasteiger charge is 2.53. The van der Waals surface area contributed by atoms with E-state index in [1.54, 1.807) is 4.90 Å². The maximum absolute atomic E-state index is 12.9. The van der Waals surface area contributed by atoms with E-state index in [1.165, 1.54) is 0 Å². The molecule has 2 saturated heterocycles. The Balaban J connectivity index is 1.76. The van der Waals surface area contributed by atoms with Crippen LogP contribution in [0.5, 0.6) is 0 Å². The van der Waals surface area contributed by atoms with Gasteiger partial charge in [-0.3, -0.25) is 4.79 Å². The lowest BCUT2D eigenvalue weighted by Gasteiger charge is -2.41. The molecule has 1 saturated carbocycles. The van der Waals surface area contributed by atoms with Crippen LogP contribution in [0.3, 0.4) is 0 Å². The summed E-state index contributed by atoms with van der Waals surface area (Å²) in [7, 11) is 1.81. The standard InChI is InChI=1S/C14H23NO4/c1-15(11-8-19-9-12(11)16)13(17)14(10-2-3-10)4-6-18-7-5-14/h10-12,16H,2-9H2,1H3/t11-,12-/m1/s1. The Morgan fingerprint density at radius 3 is 2.42 bits per heavy atom. The molecule has 0 radical (unpaired) electrons. The molecular formula is C14H23NO4. The summed E-state index contributed by atoms with van der Waals surface area (Å²) in [4.78, 5) is 14.7. The molecule has 2 heterocycles. The van der Waals surface area contributed by atoms with E-state index in [2.05, 4.69) is 0 Å². The minimum atomic E-state index is -0.551. The number of aliphatic hydroxyl groups is 1. The van der Waals surface area contributed by atoms with Crippen LogP contribution in [-0.2, 0) is 14.3 Å². The molecular weight excluding hydrogens is 246 g/mol. The van der Waals surface area contributed by atoms with Crippen molar-refractivity contribution in [3.63, 3.8) is 0 Å². The number of hydrogen-bond acceptors (Lipinski definition) is 4. The van der Waals surface area contributed by atoms with Gasteiger partial charge in [0, 0.05) is 20.3 Å². The van der Waals surface area contributed by atoms with Crippen molar-refractivity contribution < 1.29 is 19.4 Å². The van der Waals surface area contributed by atoms with Gasteiger partial charge in [0.15, 0.2) is 0 Å². The second-order valence-corrected chi connectivity index (χ2v) is 6.13. The van der Waals surface area contributed by atoms with Crippen LogP contribution < -0.4 is 0 Å². The van der Waals surface area contributed by atoms with E-state index in [1.807, 2.05) is 7.05 Å². The molecule has 0 aromatic carbocycles. The minimum absolute atomic E-state index is 0.188. The summed E-state index contributed by atoms with van der Waals surface area (Å²) in [5.74, 6) is 0.707. The molecule has 2 aliphatic heterocycles. The average molecular weight is 269 g/mol. The van der Waals surface area contributed by atoms with Crippen molar-refractivity contribution in [3.8, 4) is 0 Å². The van der Waals surface area contributed by atoms with E-state index in [4.69, 9.17) is 9.47 Å². The highest BCUT2D eigenvalue weighted by atomic mass is 16.5. The molecule has 3 fully saturated rings. The zero-order valence-corrected chi connectivity index (χ0v) is 11.5. The molecule has 2 atom stereocenters. The van der Waals surface area contributed by atoms with E-state index in [-0.39, 0.29) is 17.4 Å². The summed E-state index contributed by atoms with van der Waals surface area (Å²) in [6.07, 6.45) is 3.41.